The predicted octanol–water partition coefficient (Wildman–Crippen LogP) is 1.10. The van der Waals surface area contributed by atoms with E-state index in [0.717, 1.165) is 12.8 Å². The van der Waals surface area contributed by atoms with Crippen molar-refractivity contribution in [3.63, 3.8) is 0 Å². The number of methoxy groups -OCH3 is 2. The van der Waals surface area contributed by atoms with E-state index < -0.39 is 0 Å². The maximum absolute atomic E-state index is 5.79. The minimum absolute atomic E-state index is 0.133. The van der Waals surface area contributed by atoms with Gasteiger partial charge >= 0.3 is 0 Å². The standard InChI is InChI=1S/C11H26N2O2/c1-6-9(2)13-11(3,8-12)7-10(14-4)15-5/h9-10,13H,6-8,12H2,1-5H3. The summed E-state index contributed by atoms with van der Waals surface area (Å²) in [6.07, 6.45) is 1.64. The van der Waals surface area contributed by atoms with Crippen LogP contribution in [0.5, 0.6) is 0 Å². The average Bonchev–Trinajstić information content (AvgIpc) is 2.25. The van der Waals surface area contributed by atoms with E-state index in [1.165, 1.54) is 0 Å². The highest BCUT2D eigenvalue weighted by molar-refractivity contribution is 4.87. The smallest absolute Gasteiger partial charge is 0.158 e. The highest BCUT2D eigenvalue weighted by atomic mass is 16.7. The lowest BCUT2D eigenvalue weighted by Gasteiger charge is -2.34. The van der Waals surface area contributed by atoms with E-state index in [2.05, 4.69) is 26.1 Å². The molecule has 0 aromatic rings. The number of nitrogens with two attached hydrogens (primary N) is 1. The Morgan fingerprint density at radius 2 is 1.87 bits per heavy atom. The van der Waals surface area contributed by atoms with Gasteiger partial charge in [0.05, 0.1) is 0 Å². The van der Waals surface area contributed by atoms with Crippen LogP contribution in [0.2, 0.25) is 0 Å². The van der Waals surface area contributed by atoms with Gasteiger partial charge in [-0.15, -0.1) is 0 Å². The molecule has 4 nitrogen and oxygen atoms in total. The van der Waals surface area contributed by atoms with Gasteiger partial charge in [0, 0.05) is 38.8 Å². The second-order valence-electron chi connectivity index (χ2n) is 4.32. The van der Waals surface area contributed by atoms with Gasteiger partial charge in [0.2, 0.25) is 0 Å². The van der Waals surface area contributed by atoms with E-state index in [-0.39, 0.29) is 11.8 Å². The Morgan fingerprint density at radius 3 is 2.20 bits per heavy atom. The summed E-state index contributed by atoms with van der Waals surface area (Å²) in [6, 6.07) is 0.452. The molecule has 0 aliphatic rings. The van der Waals surface area contributed by atoms with Crippen molar-refractivity contribution in [2.75, 3.05) is 20.8 Å². The van der Waals surface area contributed by atoms with Crippen LogP contribution in [0.4, 0.5) is 0 Å². The second kappa shape index (κ2) is 7.17. The third-order valence-corrected chi connectivity index (χ3v) is 2.80. The lowest BCUT2D eigenvalue weighted by Crippen LogP contribution is -2.54. The van der Waals surface area contributed by atoms with Crippen LogP contribution in [0.15, 0.2) is 0 Å². The van der Waals surface area contributed by atoms with Crippen LogP contribution in [-0.2, 0) is 9.47 Å². The van der Waals surface area contributed by atoms with Crippen LogP contribution in [0.3, 0.4) is 0 Å². The zero-order valence-corrected chi connectivity index (χ0v) is 10.7. The zero-order chi connectivity index (χ0) is 11.9. The first-order chi connectivity index (χ1) is 7.01. The van der Waals surface area contributed by atoms with Gasteiger partial charge in [-0.25, -0.2) is 0 Å². The molecule has 3 N–H and O–H groups in total. The van der Waals surface area contributed by atoms with Gasteiger partial charge < -0.3 is 20.5 Å². The molecular formula is C11H26N2O2. The first-order valence-corrected chi connectivity index (χ1v) is 5.54. The van der Waals surface area contributed by atoms with Crippen molar-refractivity contribution in [2.24, 2.45) is 5.73 Å². The Labute approximate surface area is 93.5 Å². The SMILES string of the molecule is CCC(C)NC(C)(CN)CC(OC)OC. The second-order valence-corrected chi connectivity index (χ2v) is 4.32. The molecule has 0 saturated heterocycles. The summed E-state index contributed by atoms with van der Waals surface area (Å²) in [4.78, 5) is 0. The molecule has 2 unspecified atom stereocenters. The number of hydrogen-bond acceptors (Lipinski definition) is 4. The monoisotopic (exact) mass is 218 g/mol. The Balaban J connectivity index is 4.28. The number of hydrogen-bond donors (Lipinski definition) is 2. The minimum Gasteiger partial charge on any atom is -0.356 e. The predicted molar refractivity (Wildman–Crippen MR) is 62.8 cm³/mol. The first-order valence-electron chi connectivity index (χ1n) is 5.54. The molecule has 0 aliphatic heterocycles. The summed E-state index contributed by atoms with van der Waals surface area (Å²) in [6.45, 7) is 6.98. The Morgan fingerprint density at radius 1 is 1.33 bits per heavy atom. The molecule has 0 radical (unpaired) electrons. The van der Waals surface area contributed by atoms with E-state index in [1.807, 2.05) is 0 Å². The summed E-state index contributed by atoms with van der Waals surface area (Å²) in [7, 11) is 3.29. The van der Waals surface area contributed by atoms with Gasteiger partial charge in [0.15, 0.2) is 6.29 Å². The Bertz CT molecular complexity index is 163. The maximum atomic E-state index is 5.79. The van der Waals surface area contributed by atoms with Crippen LogP contribution in [-0.4, -0.2) is 38.6 Å². The molecule has 0 aromatic heterocycles. The summed E-state index contributed by atoms with van der Waals surface area (Å²) in [5, 5.41) is 3.51. The third kappa shape index (κ3) is 5.47. The van der Waals surface area contributed by atoms with Crippen molar-refractivity contribution in [2.45, 2.75) is 51.5 Å². The zero-order valence-electron chi connectivity index (χ0n) is 10.7. The van der Waals surface area contributed by atoms with Gasteiger partial charge in [-0.05, 0) is 20.3 Å². The number of ether oxygens (including phenoxy) is 2. The average molecular weight is 218 g/mol. The highest BCUT2D eigenvalue weighted by Crippen LogP contribution is 2.15. The largest absolute Gasteiger partial charge is 0.356 e. The van der Waals surface area contributed by atoms with Crippen molar-refractivity contribution in [1.29, 1.82) is 0 Å². The third-order valence-electron chi connectivity index (χ3n) is 2.80. The van der Waals surface area contributed by atoms with Crippen molar-refractivity contribution in [1.82, 2.24) is 5.32 Å². The van der Waals surface area contributed by atoms with Gasteiger partial charge in [0.1, 0.15) is 0 Å². The molecule has 0 saturated carbocycles. The topological polar surface area (TPSA) is 56.5 Å². The van der Waals surface area contributed by atoms with Crippen LogP contribution < -0.4 is 11.1 Å². The molecule has 0 rings (SSSR count). The van der Waals surface area contributed by atoms with Crippen LogP contribution >= 0.6 is 0 Å². The maximum Gasteiger partial charge on any atom is 0.158 e. The quantitative estimate of drug-likeness (QED) is 0.599. The van der Waals surface area contributed by atoms with Crippen molar-refractivity contribution < 1.29 is 9.47 Å². The van der Waals surface area contributed by atoms with Gasteiger partial charge in [-0.2, -0.15) is 0 Å². The lowest BCUT2D eigenvalue weighted by molar-refractivity contribution is -0.117. The molecule has 0 bridgehead atoms. The van der Waals surface area contributed by atoms with E-state index in [1.54, 1.807) is 14.2 Å². The van der Waals surface area contributed by atoms with Crippen LogP contribution in [0.25, 0.3) is 0 Å². The van der Waals surface area contributed by atoms with Crippen molar-refractivity contribution in [3.8, 4) is 0 Å². The molecule has 15 heavy (non-hydrogen) atoms. The molecule has 0 fully saturated rings. The minimum atomic E-state index is -0.199. The number of rotatable bonds is 8. The normalized spacial score (nSPS) is 17.8. The van der Waals surface area contributed by atoms with Gasteiger partial charge in [-0.1, -0.05) is 6.92 Å². The fourth-order valence-corrected chi connectivity index (χ4v) is 1.53. The molecule has 4 heteroatoms. The Kier molecular flexibility index (Phi) is 7.09. The van der Waals surface area contributed by atoms with E-state index in [0.29, 0.717) is 12.6 Å². The molecule has 92 valence electrons. The highest BCUT2D eigenvalue weighted by Gasteiger charge is 2.27. The molecule has 0 aliphatic carbocycles. The van der Waals surface area contributed by atoms with Gasteiger partial charge in [-0.3, -0.25) is 0 Å². The van der Waals surface area contributed by atoms with Crippen LogP contribution in [0.1, 0.15) is 33.6 Å². The molecular weight excluding hydrogens is 192 g/mol. The molecule has 0 spiro atoms. The summed E-state index contributed by atoms with van der Waals surface area (Å²) in [5.41, 5.74) is 5.66. The summed E-state index contributed by atoms with van der Waals surface area (Å²) < 4.78 is 10.4. The lowest BCUT2D eigenvalue weighted by atomic mass is 9.96. The Hall–Kier alpha value is -0.160. The summed E-state index contributed by atoms with van der Waals surface area (Å²) >= 11 is 0. The van der Waals surface area contributed by atoms with E-state index >= 15 is 0 Å². The molecule has 0 amide bonds. The van der Waals surface area contributed by atoms with E-state index in [4.69, 9.17) is 15.2 Å². The summed E-state index contributed by atoms with van der Waals surface area (Å²) in [5.74, 6) is 0. The fourth-order valence-electron chi connectivity index (χ4n) is 1.53. The molecule has 0 heterocycles. The van der Waals surface area contributed by atoms with Crippen molar-refractivity contribution in [3.05, 3.63) is 0 Å². The number of nitrogens with one attached hydrogen (secondary N) is 1. The van der Waals surface area contributed by atoms with Crippen LogP contribution in [0, 0.1) is 0 Å². The van der Waals surface area contributed by atoms with E-state index in [9.17, 15) is 0 Å². The van der Waals surface area contributed by atoms with Crippen molar-refractivity contribution >= 4 is 0 Å². The van der Waals surface area contributed by atoms with Gasteiger partial charge in [0.25, 0.3) is 0 Å². The molecule has 0 aromatic carbocycles. The molecule has 2 atom stereocenters. The first kappa shape index (κ1) is 14.8. The fraction of sp³-hybridized carbons (Fsp3) is 1.00.